The number of ether oxygens (including phenoxy) is 5. The third kappa shape index (κ3) is 9.36. The molecule has 4 rings (SSSR count). The molecule has 0 aromatic heterocycles. The van der Waals surface area contributed by atoms with Crippen LogP contribution in [0.3, 0.4) is 0 Å². The lowest BCUT2D eigenvalue weighted by molar-refractivity contribution is -0.155. The highest BCUT2D eigenvalue weighted by Gasteiger charge is 2.16. The Morgan fingerprint density at radius 1 is 0.696 bits per heavy atom. The van der Waals surface area contributed by atoms with Crippen LogP contribution in [0.15, 0.2) is 91.5 Å². The topological polar surface area (TPSA) is 132 Å². The Hall–Kier alpha value is -5.77. The van der Waals surface area contributed by atoms with Crippen molar-refractivity contribution >= 4 is 40.6 Å². The fourth-order valence-electron chi connectivity index (χ4n) is 4.26. The molecule has 10 heteroatoms. The van der Waals surface area contributed by atoms with Gasteiger partial charge in [0.05, 0.1) is 24.0 Å². The predicted molar refractivity (Wildman–Crippen MR) is 168 cm³/mol. The first kappa shape index (κ1) is 33.1. The van der Waals surface area contributed by atoms with Gasteiger partial charge in [0.15, 0.2) is 0 Å². The van der Waals surface area contributed by atoms with E-state index in [-0.39, 0.29) is 30.8 Å². The molecular weight excluding hydrogens is 592 g/mol. The lowest BCUT2D eigenvalue weighted by atomic mass is 10.1. The van der Waals surface area contributed by atoms with Crippen LogP contribution in [0.1, 0.15) is 51.6 Å². The van der Waals surface area contributed by atoms with Crippen molar-refractivity contribution in [3.8, 4) is 17.2 Å². The first-order valence-electron chi connectivity index (χ1n) is 14.4. The van der Waals surface area contributed by atoms with Gasteiger partial charge in [-0.3, -0.25) is 9.59 Å². The number of aryl methyl sites for hydroxylation is 2. The molecule has 0 aliphatic heterocycles. The number of carbonyl (C=O) groups excluding carboxylic acids is 5. The Morgan fingerprint density at radius 3 is 2.04 bits per heavy atom. The van der Waals surface area contributed by atoms with Crippen LogP contribution in [0.4, 0.5) is 0 Å². The minimum absolute atomic E-state index is 0.156. The summed E-state index contributed by atoms with van der Waals surface area (Å²) in [6.07, 6.45) is -0.121. The highest BCUT2D eigenvalue weighted by molar-refractivity contribution is 5.97. The number of rotatable bonds is 12. The molecule has 4 aromatic carbocycles. The zero-order chi connectivity index (χ0) is 33.2. The fourth-order valence-corrected chi connectivity index (χ4v) is 4.26. The molecule has 0 fully saturated rings. The molecule has 0 spiro atoms. The van der Waals surface area contributed by atoms with Crippen LogP contribution in [0.25, 0.3) is 10.8 Å². The lowest BCUT2D eigenvalue weighted by Gasteiger charge is -2.12. The molecule has 10 nitrogen and oxygen atoms in total. The van der Waals surface area contributed by atoms with Crippen LogP contribution < -0.4 is 14.2 Å². The standard InChI is InChI=1S/C36H32O10/c1-5-32(37)43-24(4)21-42-33(38)16-17-34(39)44-29-12-9-25(10-13-29)35(40)45-30-14-11-26-19-28(8-7-27(26)20-30)36(41)46-31-15-6-22(2)18-23(31)3/h5-15,18-20,24H,1,16-17,21H2,2-4H3. The molecule has 0 saturated carbocycles. The van der Waals surface area contributed by atoms with E-state index in [0.29, 0.717) is 17.1 Å². The minimum atomic E-state index is -0.670. The van der Waals surface area contributed by atoms with Gasteiger partial charge < -0.3 is 23.7 Å². The van der Waals surface area contributed by atoms with Crippen molar-refractivity contribution < 1.29 is 47.7 Å². The van der Waals surface area contributed by atoms with E-state index < -0.39 is 36.0 Å². The van der Waals surface area contributed by atoms with Crippen molar-refractivity contribution in [3.63, 3.8) is 0 Å². The summed E-state index contributed by atoms with van der Waals surface area (Å²) in [5, 5.41) is 1.52. The summed E-state index contributed by atoms with van der Waals surface area (Å²) in [5.41, 5.74) is 2.55. The van der Waals surface area contributed by atoms with Crippen LogP contribution in [0.2, 0.25) is 0 Å². The number of esters is 5. The van der Waals surface area contributed by atoms with Crippen molar-refractivity contribution in [3.05, 3.63) is 114 Å². The summed E-state index contributed by atoms with van der Waals surface area (Å²) in [4.78, 5) is 60.6. The normalized spacial score (nSPS) is 11.2. The third-order valence-electron chi connectivity index (χ3n) is 6.61. The van der Waals surface area contributed by atoms with E-state index in [1.165, 1.54) is 24.3 Å². The maximum Gasteiger partial charge on any atom is 0.343 e. The number of fused-ring (bicyclic) bond motifs is 1. The Balaban J connectivity index is 1.26. The molecular formula is C36H32O10. The van der Waals surface area contributed by atoms with Crippen LogP contribution in [-0.2, 0) is 23.9 Å². The molecule has 0 amide bonds. The van der Waals surface area contributed by atoms with E-state index in [2.05, 4.69) is 6.58 Å². The van der Waals surface area contributed by atoms with Gasteiger partial charge >= 0.3 is 29.8 Å². The molecule has 46 heavy (non-hydrogen) atoms. The van der Waals surface area contributed by atoms with Crippen LogP contribution in [0.5, 0.6) is 17.2 Å². The van der Waals surface area contributed by atoms with Crippen LogP contribution in [0, 0.1) is 13.8 Å². The van der Waals surface area contributed by atoms with Gasteiger partial charge in [0.25, 0.3) is 0 Å². The van der Waals surface area contributed by atoms with E-state index in [0.717, 1.165) is 28.0 Å². The summed E-state index contributed by atoms with van der Waals surface area (Å²) >= 11 is 0. The SMILES string of the molecule is C=CC(=O)OC(C)COC(=O)CCC(=O)Oc1ccc(C(=O)Oc2ccc3cc(C(=O)Oc4ccc(C)cc4C)ccc3c2)cc1. The predicted octanol–water partition coefficient (Wildman–Crippen LogP) is 6.24. The largest absolute Gasteiger partial charge is 0.462 e. The van der Waals surface area contributed by atoms with Crippen molar-refractivity contribution in [1.82, 2.24) is 0 Å². The average Bonchev–Trinajstić information content (AvgIpc) is 3.04. The molecule has 0 N–H and O–H groups in total. The highest BCUT2D eigenvalue weighted by atomic mass is 16.6. The van der Waals surface area contributed by atoms with Gasteiger partial charge in [0.2, 0.25) is 0 Å². The molecule has 0 aliphatic rings. The smallest absolute Gasteiger partial charge is 0.343 e. The van der Waals surface area contributed by atoms with Gasteiger partial charge in [-0.15, -0.1) is 0 Å². The van der Waals surface area contributed by atoms with E-state index in [1.807, 2.05) is 26.0 Å². The number of benzene rings is 4. The average molecular weight is 625 g/mol. The summed E-state index contributed by atoms with van der Waals surface area (Å²) in [5.74, 6) is -2.07. The molecule has 1 atom stereocenters. The minimum Gasteiger partial charge on any atom is -0.462 e. The van der Waals surface area contributed by atoms with Gasteiger partial charge in [0.1, 0.15) is 30.0 Å². The molecule has 0 heterocycles. The monoisotopic (exact) mass is 624 g/mol. The second kappa shape index (κ2) is 15.3. The van der Waals surface area contributed by atoms with Crippen molar-refractivity contribution in [2.75, 3.05) is 6.61 Å². The third-order valence-corrected chi connectivity index (χ3v) is 6.61. The summed E-state index contributed by atoms with van der Waals surface area (Å²) in [7, 11) is 0. The molecule has 0 aliphatic carbocycles. The van der Waals surface area contributed by atoms with Gasteiger partial charge in [-0.25, -0.2) is 14.4 Å². The van der Waals surface area contributed by atoms with E-state index >= 15 is 0 Å². The van der Waals surface area contributed by atoms with Gasteiger partial charge in [-0.2, -0.15) is 0 Å². The molecule has 236 valence electrons. The highest BCUT2D eigenvalue weighted by Crippen LogP contribution is 2.25. The van der Waals surface area contributed by atoms with Gasteiger partial charge in [-0.1, -0.05) is 36.4 Å². The van der Waals surface area contributed by atoms with Crippen molar-refractivity contribution in [1.29, 1.82) is 0 Å². The van der Waals surface area contributed by atoms with Crippen molar-refractivity contribution in [2.45, 2.75) is 39.7 Å². The van der Waals surface area contributed by atoms with Gasteiger partial charge in [0, 0.05) is 6.08 Å². The number of hydrogen-bond acceptors (Lipinski definition) is 10. The summed E-state index contributed by atoms with van der Waals surface area (Å²) in [6.45, 7) is 8.52. The Kier molecular flexibility index (Phi) is 11.0. The zero-order valence-electron chi connectivity index (χ0n) is 25.6. The summed E-state index contributed by atoms with van der Waals surface area (Å²) in [6, 6.07) is 21.5. The first-order valence-corrected chi connectivity index (χ1v) is 14.4. The number of hydrogen-bond donors (Lipinski definition) is 0. The molecule has 1 unspecified atom stereocenters. The second-order valence-electron chi connectivity index (χ2n) is 10.4. The van der Waals surface area contributed by atoms with E-state index in [4.69, 9.17) is 23.7 Å². The molecule has 0 bridgehead atoms. The maximum absolute atomic E-state index is 12.7. The molecule has 4 aromatic rings. The fraction of sp³-hybridized carbons (Fsp3) is 0.194. The second-order valence-corrected chi connectivity index (χ2v) is 10.4. The molecule has 0 saturated heterocycles. The maximum atomic E-state index is 12.7. The van der Waals surface area contributed by atoms with Gasteiger partial charge in [-0.05, 0) is 91.7 Å². The Bertz CT molecular complexity index is 1790. The quantitative estimate of drug-likeness (QED) is 0.101. The van der Waals surface area contributed by atoms with E-state index in [1.54, 1.807) is 49.4 Å². The molecule has 0 radical (unpaired) electrons. The lowest BCUT2D eigenvalue weighted by Crippen LogP contribution is -2.22. The Morgan fingerprint density at radius 2 is 1.33 bits per heavy atom. The van der Waals surface area contributed by atoms with Crippen molar-refractivity contribution in [2.24, 2.45) is 0 Å². The zero-order valence-corrected chi connectivity index (χ0v) is 25.6. The first-order chi connectivity index (χ1) is 22.0. The summed E-state index contributed by atoms with van der Waals surface area (Å²) < 4.78 is 26.2. The number of carbonyl (C=O) groups is 5. The Labute approximate surface area is 265 Å². The van der Waals surface area contributed by atoms with Crippen LogP contribution in [-0.4, -0.2) is 42.6 Å². The van der Waals surface area contributed by atoms with Crippen LogP contribution >= 0.6 is 0 Å². The van der Waals surface area contributed by atoms with E-state index in [9.17, 15) is 24.0 Å².